The SMILES string of the molecule is CN(CCOc1cccc([N+](=O)[O-])c1)[C@H]1CCc2ccccc21. The lowest BCUT2D eigenvalue weighted by Crippen LogP contribution is -2.27. The van der Waals surface area contributed by atoms with Gasteiger partial charge in [-0.2, -0.15) is 0 Å². The number of ether oxygens (including phenoxy) is 1. The quantitative estimate of drug-likeness (QED) is 0.604. The van der Waals surface area contributed by atoms with Crippen LogP contribution in [0.3, 0.4) is 0 Å². The van der Waals surface area contributed by atoms with E-state index >= 15 is 0 Å². The fourth-order valence-corrected chi connectivity index (χ4v) is 3.14. The van der Waals surface area contributed by atoms with E-state index in [1.54, 1.807) is 12.1 Å². The molecule has 2 aromatic rings. The first kappa shape index (κ1) is 15.5. The molecule has 1 aliphatic carbocycles. The van der Waals surface area contributed by atoms with E-state index in [9.17, 15) is 10.1 Å². The molecule has 0 aliphatic heterocycles. The summed E-state index contributed by atoms with van der Waals surface area (Å²) in [4.78, 5) is 12.7. The zero-order valence-electron chi connectivity index (χ0n) is 13.1. The molecule has 23 heavy (non-hydrogen) atoms. The van der Waals surface area contributed by atoms with Gasteiger partial charge in [-0.3, -0.25) is 15.0 Å². The number of nitro groups is 1. The van der Waals surface area contributed by atoms with E-state index in [2.05, 4.69) is 36.2 Å². The fourth-order valence-electron chi connectivity index (χ4n) is 3.14. The summed E-state index contributed by atoms with van der Waals surface area (Å²) in [6.45, 7) is 1.29. The molecule has 1 aliphatic rings. The van der Waals surface area contributed by atoms with E-state index in [-0.39, 0.29) is 5.69 Å². The van der Waals surface area contributed by atoms with E-state index < -0.39 is 4.92 Å². The average Bonchev–Trinajstić information content (AvgIpc) is 2.99. The molecule has 1 atom stereocenters. The Kier molecular flexibility index (Phi) is 4.57. The molecule has 0 bridgehead atoms. The maximum absolute atomic E-state index is 10.8. The predicted octanol–water partition coefficient (Wildman–Crippen LogP) is 3.59. The fraction of sp³-hybridized carbons (Fsp3) is 0.333. The molecule has 3 rings (SSSR count). The summed E-state index contributed by atoms with van der Waals surface area (Å²) in [6, 6.07) is 15.3. The Morgan fingerprint density at radius 3 is 2.91 bits per heavy atom. The van der Waals surface area contributed by atoms with Crippen LogP contribution in [0.25, 0.3) is 0 Å². The number of benzene rings is 2. The van der Waals surface area contributed by atoms with E-state index in [0.29, 0.717) is 18.4 Å². The van der Waals surface area contributed by atoms with Gasteiger partial charge >= 0.3 is 0 Å². The van der Waals surface area contributed by atoms with E-state index in [0.717, 1.165) is 19.4 Å². The Bertz CT molecular complexity index is 702. The van der Waals surface area contributed by atoms with Crippen LogP contribution in [0.1, 0.15) is 23.6 Å². The van der Waals surface area contributed by atoms with Gasteiger partial charge in [-0.1, -0.05) is 30.3 Å². The van der Waals surface area contributed by atoms with Crippen LogP contribution in [0.2, 0.25) is 0 Å². The van der Waals surface area contributed by atoms with Crippen molar-refractivity contribution in [3.63, 3.8) is 0 Å². The highest BCUT2D eigenvalue weighted by atomic mass is 16.6. The van der Waals surface area contributed by atoms with Crippen LogP contribution in [0.5, 0.6) is 5.75 Å². The molecule has 0 unspecified atom stereocenters. The number of non-ortho nitro benzene ring substituents is 1. The second-order valence-electron chi connectivity index (χ2n) is 5.84. The lowest BCUT2D eigenvalue weighted by atomic mass is 10.1. The monoisotopic (exact) mass is 312 g/mol. The number of hydrogen-bond acceptors (Lipinski definition) is 4. The summed E-state index contributed by atoms with van der Waals surface area (Å²) in [5.41, 5.74) is 2.90. The number of fused-ring (bicyclic) bond motifs is 1. The number of rotatable bonds is 6. The van der Waals surface area contributed by atoms with Crippen molar-refractivity contribution < 1.29 is 9.66 Å². The van der Waals surface area contributed by atoms with Crippen LogP contribution >= 0.6 is 0 Å². The molecule has 0 radical (unpaired) electrons. The molecule has 0 heterocycles. The Morgan fingerprint density at radius 2 is 2.09 bits per heavy atom. The summed E-state index contributed by atoms with van der Waals surface area (Å²) in [7, 11) is 2.10. The van der Waals surface area contributed by atoms with Gasteiger partial charge in [0, 0.05) is 18.7 Å². The van der Waals surface area contributed by atoms with Crippen molar-refractivity contribution in [3.8, 4) is 5.75 Å². The van der Waals surface area contributed by atoms with Crippen LogP contribution in [-0.4, -0.2) is 30.0 Å². The summed E-state index contributed by atoms with van der Waals surface area (Å²) in [6.07, 6.45) is 2.25. The summed E-state index contributed by atoms with van der Waals surface area (Å²) >= 11 is 0. The second kappa shape index (κ2) is 6.79. The minimum Gasteiger partial charge on any atom is -0.492 e. The largest absolute Gasteiger partial charge is 0.492 e. The highest BCUT2D eigenvalue weighted by Crippen LogP contribution is 2.34. The van der Waals surface area contributed by atoms with Crippen LogP contribution in [0, 0.1) is 10.1 Å². The van der Waals surface area contributed by atoms with Gasteiger partial charge in [0.15, 0.2) is 0 Å². The van der Waals surface area contributed by atoms with Gasteiger partial charge in [-0.05, 0) is 37.1 Å². The number of nitro benzene ring substituents is 1. The molecule has 0 fully saturated rings. The van der Waals surface area contributed by atoms with Gasteiger partial charge in [-0.15, -0.1) is 0 Å². The van der Waals surface area contributed by atoms with Crippen LogP contribution in [0.15, 0.2) is 48.5 Å². The molecule has 0 aromatic heterocycles. The van der Waals surface area contributed by atoms with Crippen molar-refractivity contribution in [1.29, 1.82) is 0 Å². The molecule has 0 amide bonds. The molecule has 0 N–H and O–H groups in total. The van der Waals surface area contributed by atoms with Gasteiger partial charge in [0.2, 0.25) is 0 Å². The van der Waals surface area contributed by atoms with Crippen LogP contribution in [0.4, 0.5) is 5.69 Å². The number of nitrogens with zero attached hydrogens (tertiary/aromatic N) is 2. The highest BCUT2D eigenvalue weighted by Gasteiger charge is 2.25. The first-order valence-corrected chi connectivity index (χ1v) is 7.80. The van der Waals surface area contributed by atoms with Gasteiger partial charge in [0.1, 0.15) is 12.4 Å². The summed E-state index contributed by atoms with van der Waals surface area (Å²) in [5.74, 6) is 0.541. The average molecular weight is 312 g/mol. The van der Waals surface area contributed by atoms with Gasteiger partial charge in [0.25, 0.3) is 5.69 Å². The predicted molar refractivity (Wildman–Crippen MR) is 88.7 cm³/mol. The Balaban J connectivity index is 1.55. The van der Waals surface area contributed by atoms with Crippen LogP contribution in [-0.2, 0) is 6.42 Å². The standard InChI is InChI=1S/C18H20N2O3/c1-19(18-10-9-14-5-2-3-8-17(14)18)11-12-23-16-7-4-6-15(13-16)20(21)22/h2-8,13,18H,9-12H2,1H3/t18-/m0/s1. The molecule has 120 valence electrons. The lowest BCUT2D eigenvalue weighted by Gasteiger charge is -2.25. The molecule has 0 saturated heterocycles. The molecular weight excluding hydrogens is 292 g/mol. The zero-order valence-corrected chi connectivity index (χ0v) is 13.1. The van der Waals surface area contributed by atoms with E-state index in [4.69, 9.17) is 4.74 Å². The Hall–Kier alpha value is -2.40. The second-order valence-corrected chi connectivity index (χ2v) is 5.84. The number of aryl methyl sites for hydroxylation is 1. The first-order valence-electron chi connectivity index (χ1n) is 7.80. The lowest BCUT2D eigenvalue weighted by molar-refractivity contribution is -0.384. The smallest absolute Gasteiger partial charge is 0.273 e. The summed E-state index contributed by atoms with van der Waals surface area (Å²) < 4.78 is 5.67. The van der Waals surface area contributed by atoms with Crippen LogP contribution < -0.4 is 4.74 Å². The maximum atomic E-state index is 10.8. The van der Waals surface area contributed by atoms with Crippen molar-refractivity contribution >= 4 is 5.69 Å². The van der Waals surface area contributed by atoms with E-state index in [1.165, 1.54) is 23.3 Å². The molecule has 0 saturated carbocycles. The minimum atomic E-state index is -0.408. The number of likely N-dealkylation sites (N-methyl/N-ethyl adjacent to an activating group) is 1. The summed E-state index contributed by atoms with van der Waals surface area (Å²) in [5, 5.41) is 10.8. The van der Waals surface area contributed by atoms with Crippen molar-refractivity contribution in [2.45, 2.75) is 18.9 Å². The minimum absolute atomic E-state index is 0.0561. The first-order chi connectivity index (χ1) is 11.1. The van der Waals surface area contributed by atoms with Crippen molar-refractivity contribution in [1.82, 2.24) is 4.90 Å². The Labute approximate surface area is 135 Å². The molecule has 0 spiro atoms. The van der Waals surface area contributed by atoms with Crippen molar-refractivity contribution in [2.75, 3.05) is 20.2 Å². The highest BCUT2D eigenvalue weighted by molar-refractivity contribution is 5.38. The topological polar surface area (TPSA) is 55.6 Å². The number of hydrogen-bond donors (Lipinski definition) is 0. The third kappa shape index (κ3) is 3.51. The van der Waals surface area contributed by atoms with Gasteiger partial charge in [0.05, 0.1) is 11.0 Å². The van der Waals surface area contributed by atoms with Crippen molar-refractivity contribution in [3.05, 3.63) is 69.8 Å². The third-order valence-electron chi connectivity index (χ3n) is 4.37. The normalized spacial score (nSPS) is 16.3. The van der Waals surface area contributed by atoms with Gasteiger partial charge < -0.3 is 4.74 Å². The third-order valence-corrected chi connectivity index (χ3v) is 4.37. The zero-order chi connectivity index (χ0) is 16.2. The van der Waals surface area contributed by atoms with E-state index in [1.807, 2.05) is 0 Å². The Morgan fingerprint density at radius 1 is 1.26 bits per heavy atom. The van der Waals surface area contributed by atoms with Gasteiger partial charge in [-0.25, -0.2) is 0 Å². The maximum Gasteiger partial charge on any atom is 0.273 e. The molecule has 5 nitrogen and oxygen atoms in total. The molecule has 2 aromatic carbocycles. The molecule has 5 heteroatoms. The van der Waals surface area contributed by atoms with Crippen molar-refractivity contribution in [2.24, 2.45) is 0 Å². The molecular formula is C18H20N2O3.